The second-order valence-electron chi connectivity index (χ2n) is 3.89. The van der Waals surface area contributed by atoms with Crippen LogP contribution in [0, 0.1) is 0 Å². The summed E-state index contributed by atoms with van der Waals surface area (Å²) < 4.78 is 38.5. The highest BCUT2D eigenvalue weighted by atomic mass is 32.2. The Hall–Kier alpha value is -1.28. The molecule has 0 aliphatic rings. The lowest BCUT2D eigenvalue weighted by Gasteiger charge is -2.07. The zero-order valence-corrected chi connectivity index (χ0v) is 12.2. The Kier molecular flexibility index (Phi) is 4.87. The third kappa shape index (κ3) is 4.11. The maximum absolute atomic E-state index is 12.6. The van der Waals surface area contributed by atoms with Crippen molar-refractivity contribution in [3.05, 3.63) is 35.4 Å². The number of rotatable bonds is 5. The zero-order chi connectivity index (χ0) is 14.6. The van der Waals surface area contributed by atoms with Crippen molar-refractivity contribution in [2.24, 2.45) is 0 Å². The van der Waals surface area contributed by atoms with Crippen LogP contribution in [0.4, 0.5) is 18.3 Å². The smallest absolute Gasteiger partial charge is 0.360 e. The van der Waals surface area contributed by atoms with Crippen molar-refractivity contribution >= 4 is 28.2 Å². The number of aromatic nitrogens is 2. The van der Waals surface area contributed by atoms with Crippen LogP contribution in [-0.4, -0.2) is 16.7 Å². The maximum atomic E-state index is 12.6. The molecule has 2 aromatic rings. The minimum atomic E-state index is -4.30. The quantitative estimate of drug-likeness (QED) is 0.835. The number of nitrogens with one attached hydrogen (secondary N) is 1. The van der Waals surface area contributed by atoms with Crippen LogP contribution in [0.1, 0.15) is 18.1 Å². The molecule has 0 unspecified atom stereocenters. The highest BCUT2D eigenvalue weighted by Crippen LogP contribution is 2.32. The number of benzene rings is 1. The summed E-state index contributed by atoms with van der Waals surface area (Å²) in [5.41, 5.74) is -0.00812. The first-order valence-electron chi connectivity index (χ1n) is 5.85. The normalized spacial score (nSPS) is 11.6. The number of thioether (sulfide) groups is 1. The second kappa shape index (κ2) is 6.45. The van der Waals surface area contributed by atoms with E-state index in [-0.39, 0.29) is 0 Å². The van der Waals surface area contributed by atoms with E-state index in [9.17, 15) is 13.2 Å². The zero-order valence-electron chi connectivity index (χ0n) is 10.6. The van der Waals surface area contributed by atoms with Gasteiger partial charge in [0.15, 0.2) is 4.34 Å². The molecule has 3 nitrogen and oxygen atoms in total. The summed E-state index contributed by atoms with van der Waals surface area (Å²) in [6.45, 7) is 2.71. The molecule has 2 rings (SSSR count). The van der Waals surface area contributed by atoms with Crippen LogP contribution < -0.4 is 5.32 Å². The lowest BCUT2D eigenvalue weighted by Crippen LogP contribution is -2.04. The molecular formula is C12H12F3N3S2. The molecule has 0 saturated carbocycles. The number of anilines is 1. The van der Waals surface area contributed by atoms with Crippen molar-refractivity contribution < 1.29 is 13.2 Å². The predicted molar refractivity (Wildman–Crippen MR) is 75.1 cm³/mol. The molecule has 0 aliphatic carbocycles. The summed E-state index contributed by atoms with van der Waals surface area (Å²) in [6.07, 6.45) is -4.30. The molecule has 1 heterocycles. The van der Waals surface area contributed by atoms with Gasteiger partial charge in [-0.1, -0.05) is 41.3 Å². The van der Waals surface area contributed by atoms with Gasteiger partial charge in [-0.2, -0.15) is 13.2 Å². The third-order valence-corrected chi connectivity index (χ3v) is 4.44. The number of halogens is 3. The fourth-order valence-electron chi connectivity index (χ4n) is 1.47. The highest BCUT2D eigenvalue weighted by molar-refractivity contribution is 8.00. The van der Waals surface area contributed by atoms with Gasteiger partial charge in [0.2, 0.25) is 5.13 Å². The SMILES string of the molecule is CCNc1nnc(SCc2cccc(C(F)(F)F)c2)s1. The van der Waals surface area contributed by atoms with Gasteiger partial charge in [-0.15, -0.1) is 10.2 Å². The molecule has 0 saturated heterocycles. The first-order chi connectivity index (χ1) is 9.49. The van der Waals surface area contributed by atoms with Gasteiger partial charge in [0.1, 0.15) is 0 Å². The molecule has 0 fully saturated rings. The van der Waals surface area contributed by atoms with Crippen LogP contribution >= 0.6 is 23.1 Å². The monoisotopic (exact) mass is 319 g/mol. The van der Waals surface area contributed by atoms with E-state index in [0.29, 0.717) is 11.3 Å². The van der Waals surface area contributed by atoms with Gasteiger partial charge in [0, 0.05) is 12.3 Å². The molecule has 108 valence electrons. The van der Waals surface area contributed by atoms with Gasteiger partial charge in [-0.05, 0) is 18.6 Å². The Morgan fingerprint density at radius 1 is 1.30 bits per heavy atom. The Balaban J connectivity index is 1.99. The average Bonchev–Trinajstić information content (AvgIpc) is 2.84. The summed E-state index contributed by atoms with van der Waals surface area (Å²) in [6, 6.07) is 5.33. The molecular weight excluding hydrogens is 307 g/mol. The maximum Gasteiger partial charge on any atom is 0.416 e. The van der Waals surface area contributed by atoms with Gasteiger partial charge in [-0.3, -0.25) is 0 Å². The molecule has 1 N–H and O–H groups in total. The van der Waals surface area contributed by atoms with Gasteiger partial charge in [0.25, 0.3) is 0 Å². The van der Waals surface area contributed by atoms with Crippen molar-refractivity contribution in [1.29, 1.82) is 0 Å². The summed E-state index contributed by atoms with van der Waals surface area (Å²) in [5, 5.41) is 11.7. The molecule has 0 spiro atoms. The van der Waals surface area contributed by atoms with Gasteiger partial charge in [-0.25, -0.2) is 0 Å². The van der Waals surface area contributed by atoms with Gasteiger partial charge < -0.3 is 5.32 Å². The van der Waals surface area contributed by atoms with E-state index in [2.05, 4.69) is 15.5 Å². The van der Waals surface area contributed by atoms with Crippen LogP contribution in [0.15, 0.2) is 28.6 Å². The highest BCUT2D eigenvalue weighted by Gasteiger charge is 2.30. The minimum absolute atomic E-state index is 0.435. The molecule has 0 bridgehead atoms. The summed E-state index contributed by atoms with van der Waals surface area (Å²) >= 11 is 2.77. The number of nitrogens with zero attached hydrogens (tertiary/aromatic N) is 2. The standard InChI is InChI=1S/C12H12F3N3S2/c1-2-16-10-17-18-11(20-10)19-7-8-4-3-5-9(6-8)12(13,14)15/h3-6H,2,7H2,1H3,(H,16,17). The first kappa shape index (κ1) is 15.1. The Morgan fingerprint density at radius 2 is 2.10 bits per heavy atom. The van der Waals surface area contributed by atoms with Crippen molar-refractivity contribution in [3.8, 4) is 0 Å². The Morgan fingerprint density at radius 3 is 2.80 bits per heavy atom. The van der Waals surface area contributed by atoms with E-state index < -0.39 is 11.7 Å². The molecule has 0 amide bonds. The van der Waals surface area contributed by atoms with Crippen molar-refractivity contribution in [2.45, 2.75) is 23.2 Å². The lowest BCUT2D eigenvalue weighted by molar-refractivity contribution is -0.137. The Bertz CT molecular complexity index is 569. The van der Waals surface area contributed by atoms with Crippen LogP contribution in [0.2, 0.25) is 0 Å². The molecule has 0 radical (unpaired) electrons. The summed E-state index contributed by atoms with van der Waals surface area (Å²) in [4.78, 5) is 0. The van der Waals surface area contributed by atoms with Crippen molar-refractivity contribution in [2.75, 3.05) is 11.9 Å². The van der Waals surface area contributed by atoms with Crippen LogP contribution in [-0.2, 0) is 11.9 Å². The van der Waals surface area contributed by atoms with Gasteiger partial charge >= 0.3 is 6.18 Å². The molecule has 1 aromatic heterocycles. The Labute approximate surface area is 122 Å². The van der Waals surface area contributed by atoms with E-state index in [0.717, 1.165) is 22.1 Å². The fraction of sp³-hybridized carbons (Fsp3) is 0.333. The summed E-state index contributed by atoms with van der Waals surface area (Å²) in [5.74, 6) is 0.435. The largest absolute Gasteiger partial charge is 0.416 e. The van der Waals surface area contributed by atoms with Crippen LogP contribution in [0.25, 0.3) is 0 Å². The van der Waals surface area contributed by atoms with Crippen molar-refractivity contribution in [1.82, 2.24) is 10.2 Å². The number of hydrogen-bond acceptors (Lipinski definition) is 5. The van der Waals surface area contributed by atoms with E-state index in [4.69, 9.17) is 0 Å². The lowest BCUT2D eigenvalue weighted by atomic mass is 10.1. The van der Waals surface area contributed by atoms with Crippen molar-refractivity contribution in [3.63, 3.8) is 0 Å². The fourth-order valence-corrected chi connectivity index (χ4v) is 3.24. The molecule has 1 aromatic carbocycles. The third-order valence-electron chi connectivity index (χ3n) is 2.35. The van der Waals surface area contributed by atoms with E-state index >= 15 is 0 Å². The van der Waals surface area contributed by atoms with Crippen LogP contribution in [0.3, 0.4) is 0 Å². The van der Waals surface area contributed by atoms with E-state index in [1.807, 2.05) is 6.92 Å². The topological polar surface area (TPSA) is 37.8 Å². The first-order valence-corrected chi connectivity index (χ1v) is 7.65. The second-order valence-corrected chi connectivity index (χ2v) is 6.09. The minimum Gasteiger partial charge on any atom is -0.360 e. The molecule has 20 heavy (non-hydrogen) atoms. The number of hydrogen-bond donors (Lipinski definition) is 1. The van der Waals surface area contributed by atoms with E-state index in [1.165, 1.54) is 35.2 Å². The molecule has 8 heteroatoms. The van der Waals surface area contributed by atoms with Crippen LogP contribution in [0.5, 0.6) is 0 Å². The van der Waals surface area contributed by atoms with E-state index in [1.54, 1.807) is 6.07 Å². The average molecular weight is 319 g/mol. The molecule has 0 atom stereocenters. The predicted octanol–water partition coefficient (Wildman–Crippen LogP) is 4.28. The number of alkyl halides is 3. The molecule has 0 aliphatic heterocycles. The van der Waals surface area contributed by atoms with Gasteiger partial charge in [0.05, 0.1) is 5.56 Å². The summed E-state index contributed by atoms with van der Waals surface area (Å²) in [7, 11) is 0.